The van der Waals surface area contributed by atoms with Crippen LogP contribution in [0.4, 0.5) is 14.5 Å². The summed E-state index contributed by atoms with van der Waals surface area (Å²) in [5, 5.41) is 19.0. The van der Waals surface area contributed by atoms with Gasteiger partial charge >= 0.3 is 5.97 Å². The fourth-order valence-corrected chi connectivity index (χ4v) is 1.81. The number of hydrogen-bond donors (Lipinski definition) is 2. The summed E-state index contributed by atoms with van der Waals surface area (Å²) in [7, 11) is 1.72. The van der Waals surface area contributed by atoms with Crippen LogP contribution in [0.3, 0.4) is 0 Å². The molecule has 8 heteroatoms. The average molecular weight is 282 g/mol. The van der Waals surface area contributed by atoms with E-state index in [4.69, 9.17) is 5.11 Å². The molecule has 1 aromatic heterocycles. The molecular weight excluding hydrogens is 270 g/mol. The maximum Gasteiger partial charge on any atom is 0.338 e. The Kier molecular flexibility index (Phi) is 3.64. The molecule has 0 saturated carbocycles. The molecule has 20 heavy (non-hydrogen) atoms. The van der Waals surface area contributed by atoms with Crippen LogP contribution >= 0.6 is 0 Å². The molecule has 0 aliphatic heterocycles. The number of benzene rings is 1. The predicted molar refractivity (Wildman–Crippen MR) is 66.4 cm³/mol. The van der Waals surface area contributed by atoms with Gasteiger partial charge in [-0.3, -0.25) is 0 Å². The number of nitrogens with one attached hydrogen (secondary N) is 1. The summed E-state index contributed by atoms with van der Waals surface area (Å²) in [6.07, 6.45) is 1.48. The molecule has 2 aromatic rings. The lowest BCUT2D eigenvalue weighted by molar-refractivity contribution is 0.0690. The topological polar surface area (TPSA) is 80.0 Å². The first-order valence-corrected chi connectivity index (χ1v) is 5.73. The molecule has 1 heterocycles. The van der Waals surface area contributed by atoms with Crippen LogP contribution in [0, 0.1) is 11.6 Å². The first-order chi connectivity index (χ1) is 9.41. The minimum Gasteiger partial charge on any atom is -0.478 e. The van der Waals surface area contributed by atoms with E-state index < -0.39 is 29.2 Å². The van der Waals surface area contributed by atoms with Gasteiger partial charge in [0.1, 0.15) is 6.33 Å². The lowest BCUT2D eigenvalue weighted by Gasteiger charge is -2.15. The van der Waals surface area contributed by atoms with Crippen molar-refractivity contribution in [3.8, 4) is 0 Å². The molecule has 1 atom stereocenters. The maximum atomic E-state index is 13.8. The van der Waals surface area contributed by atoms with E-state index in [1.54, 1.807) is 18.5 Å². The third-order valence-corrected chi connectivity index (χ3v) is 2.82. The Morgan fingerprint density at radius 1 is 1.40 bits per heavy atom. The summed E-state index contributed by atoms with van der Waals surface area (Å²) in [5.74, 6) is -3.62. The first kappa shape index (κ1) is 13.9. The number of aromatic carboxylic acids is 1. The molecule has 0 fully saturated rings. The Morgan fingerprint density at radius 2 is 2.10 bits per heavy atom. The summed E-state index contributed by atoms with van der Waals surface area (Å²) in [4.78, 5) is 10.7. The second-order valence-corrected chi connectivity index (χ2v) is 4.26. The zero-order valence-electron chi connectivity index (χ0n) is 10.8. The van der Waals surface area contributed by atoms with Gasteiger partial charge in [-0.2, -0.15) is 0 Å². The Bertz CT molecular complexity index is 657. The van der Waals surface area contributed by atoms with Crippen LogP contribution in [0.25, 0.3) is 0 Å². The van der Waals surface area contributed by atoms with Crippen molar-refractivity contribution in [3.63, 3.8) is 0 Å². The van der Waals surface area contributed by atoms with Crippen molar-refractivity contribution >= 4 is 11.7 Å². The van der Waals surface area contributed by atoms with Crippen LogP contribution in [0.1, 0.15) is 29.1 Å². The van der Waals surface area contributed by atoms with Crippen LogP contribution in [0.15, 0.2) is 18.5 Å². The van der Waals surface area contributed by atoms with E-state index in [0.717, 1.165) is 6.07 Å². The quantitative estimate of drug-likeness (QED) is 0.896. The number of rotatable bonds is 4. The van der Waals surface area contributed by atoms with Crippen molar-refractivity contribution in [2.45, 2.75) is 13.0 Å². The van der Waals surface area contributed by atoms with Gasteiger partial charge in [0.25, 0.3) is 0 Å². The molecule has 106 valence electrons. The van der Waals surface area contributed by atoms with Crippen molar-refractivity contribution in [3.05, 3.63) is 41.5 Å². The van der Waals surface area contributed by atoms with Gasteiger partial charge in [-0.25, -0.2) is 13.6 Å². The first-order valence-electron chi connectivity index (χ1n) is 5.73. The molecule has 0 spiro atoms. The normalized spacial score (nSPS) is 12.2. The Balaban J connectivity index is 2.29. The zero-order valence-corrected chi connectivity index (χ0v) is 10.8. The van der Waals surface area contributed by atoms with E-state index in [1.807, 2.05) is 0 Å². The van der Waals surface area contributed by atoms with Crippen LogP contribution in [-0.4, -0.2) is 25.8 Å². The van der Waals surface area contributed by atoms with Gasteiger partial charge < -0.3 is 15.0 Å². The van der Waals surface area contributed by atoms with Crippen molar-refractivity contribution in [1.29, 1.82) is 0 Å². The number of aromatic nitrogens is 3. The maximum absolute atomic E-state index is 13.8. The Morgan fingerprint density at radius 3 is 2.65 bits per heavy atom. The molecule has 6 nitrogen and oxygen atoms in total. The van der Waals surface area contributed by atoms with E-state index in [2.05, 4.69) is 15.5 Å². The number of anilines is 1. The van der Waals surface area contributed by atoms with E-state index in [0.29, 0.717) is 5.82 Å². The van der Waals surface area contributed by atoms with Crippen LogP contribution < -0.4 is 5.32 Å². The minimum atomic E-state index is -1.52. The second kappa shape index (κ2) is 5.24. The van der Waals surface area contributed by atoms with E-state index in [9.17, 15) is 13.6 Å². The van der Waals surface area contributed by atoms with Gasteiger partial charge in [-0.1, -0.05) is 0 Å². The molecule has 0 radical (unpaired) electrons. The van der Waals surface area contributed by atoms with Crippen molar-refractivity contribution in [2.75, 3.05) is 5.32 Å². The van der Waals surface area contributed by atoms with Gasteiger partial charge in [0.2, 0.25) is 0 Å². The Hall–Kier alpha value is -2.51. The molecule has 1 unspecified atom stereocenters. The number of carboxylic acids is 1. The molecular formula is C12H12F2N4O2. The highest BCUT2D eigenvalue weighted by Gasteiger charge is 2.20. The summed E-state index contributed by atoms with van der Waals surface area (Å²) in [6, 6.07) is 1.76. The second-order valence-electron chi connectivity index (χ2n) is 4.26. The highest BCUT2D eigenvalue weighted by molar-refractivity contribution is 5.88. The number of carbonyl (C=O) groups is 1. The molecule has 2 N–H and O–H groups in total. The fraction of sp³-hybridized carbons (Fsp3) is 0.250. The van der Waals surface area contributed by atoms with E-state index in [1.165, 1.54) is 12.4 Å². The minimum absolute atomic E-state index is 0.136. The van der Waals surface area contributed by atoms with Crippen LogP contribution in [0.2, 0.25) is 0 Å². The summed E-state index contributed by atoms with van der Waals surface area (Å²) < 4.78 is 29.0. The van der Waals surface area contributed by atoms with Gasteiger partial charge in [0, 0.05) is 7.05 Å². The summed E-state index contributed by atoms with van der Waals surface area (Å²) in [5.41, 5.74) is -0.845. The van der Waals surface area contributed by atoms with Crippen LogP contribution in [-0.2, 0) is 7.05 Å². The lowest BCUT2D eigenvalue weighted by Crippen LogP contribution is -2.14. The molecule has 0 amide bonds. The number of aryl methyl sites for hydroxylation is 1. The fourth-order valence-electron chi connectivity index (χ4n) is 1.81. The van der Waals surface area contributed by atoms with Crippen molar-refractivity contribution in [1.82, 2.24) is 14.8 Å². The van der Waals surface area contributed by atoms with Crippen molar-refractivity contribution in [2.24, 2.45) is 7.05 Å². The third kappa shape index (κ3) is 2.44. The number of nitrogens with zero attached hydrogens (tertiary/aromatic N) is 3. The monoisotopic (exact) mass is 282 g/mol. The highest BCUT2D eigenvalue weighted by atomic mass is 19.2. The molecule has 0 aliphatic carbocycles. The van der Waals surface area contributed by atoms with Gasteiger partial charge in [0.15, 0.2) is 17.5 Å². The van der Waals surface area contributed by atoms with E-state index in [-0.39, 0.29) is 5.69 Å². The van der Waals surface area contributed by atoms with E-state index >= 15 is 0 Å². The number of hydrogen-bond acceptors (Lipinski definition) is 4. The van der Waals surface area contributed by atoms with Crippen LogP contribution in [0.5, 0.6) is 0 Å². The molecule has 2 rings (SSSR count). The highest BCUT2D eigenvalue weighted by Crippen LogP contribution is 2.24. The number of halogens is 2. The van der Waals surface area contributed by atoms with Crippen molar-refractivity contribution < 1.29 is 18.7 Å². The zero-order chi connectivity index (χ0) is 14.9. The number of carboxylic acid groups (broad SMARTS) is 1. The average Bonchev–Trinajstić information content (AvgIpc) is 2.81. The SMILES string of the molecule is CC(Nc1ccc(C(=O)O)c(F)c1F)c1nncn1C. The largest absolute Gasteiger partial charge is 0.478 e. The van der Waals surface area contributed by atoms with Gasteiger partial charge in [-0.05, 0) is 19.1 Å². The standard InChI is InChI=1S/C12H12F2N4O2/c1-6(11-17-15-5-18(11)2)16-8-4-3-7(12(19)20)9(13)10(8)14/h3-6,16H,1-2H3,(H,19,20). The molecule has 1 aromatic carbocycles. The third-order valence-electron chi connectivity index (χ3n) is 2.82. The summed E-state index contributed by atoms with van der Waals surface area (Å²) in [6.45, 7) is 1.70. The van der Waals surface area contributed by atoms with Gasteiger partial charge in [-0.15, -0.1) is 10.2 Å². The molecule has 0 aliphatic rings. The van der Waals surface area contributed by atoms with Gasteiger partial charge in [0.05, 0.1) is 17.3 Å². The smallest absolute Gasteiger partial charge is 0.338 e. The molecule has 0 bridgehead atoms. The Labute approximate surface area is 113 Å². The molecule has 0 saturated heterocycles. The predicted octanol–water partition coefficient (Wildman–Crippen LogP) is 1.96. The lowest BCUT2D eigenvalue weighted by atomic mass is 10.1. The summed E-state index contributed by atoms with van der Waals surface area (Å²) >= 11 is 0.